The van der Waals surface area contributed by atoms with Gasteiger partial charge in [-0.1, -0.05) is 42.5 Å². The maximum atomic E-state index is 12.8. The van der Waals surface area contributed by atoms with Crippen molar-refractivity contribution in [2.24, 2.45) is 0 Å². The number of amides is 1. The highest BCUT2D eigenvalue weighted by atomic mass is 16.7. The fourth-order valence-electron chi connectivity index (χ4n) is 2.80. The molecule has 3 rings (SSSR count). The van der Waals surface area contributed by atoms with Gasteiger partial charge < -0.3 is 4.98 Å². The fraction of sp³-hybridized carbons (Fsp3) is 0.238. The quantitative estimate of drug-likeness (QED) is 0.414. The van der Waals surface area contributed by atoms with Crippen LogP contribution in [0, 0.1) is 0 Å². The van der Waals surface area contributed by atoms with E-state index in [9.17, 15) is 9.59 Å². The van der Waals surface area contributed by atoms with Gasteiger partial charge in [-0.3, -0.25) is 14.4 Å². The van der Waals surface area contributed by atoms with Gasteiger partial charge in [0.05, 0.1) is 12.1 Å². The van der Waals surface area contributed by atoms with Crippen LogP contribution in [0.4, 0.5) is 0 Å². The molecule has 0 aliphatic rings. The number of para-hydroxylation sites is 1. The number of aromatic nitrogens is 1. The highest BCUT2D eigenvalue weighted by Gasteiger charge is 2.17. The van der Waals surface area contributed by atoms with Crippen molar-refractivity contribution in [3.8, 4) is 0 Å². The molecule has 0 saturated carbocycles. The predicted octanol–water partition coefficient (Wildman–Crippen LogP) is 4.09. The normalized spacial score (nSPS) is 11.5. The van der Waals surface area contributed by atoms with Crippen LogP contribution in [0.15, 0.2) is 54.7 Å². The number of rotatable bonds is 6. The Kier molecular flexibility index (Phi) is 4.91. The predicted molar refractivity (Wildman–Crippen MR) is 101 cm³/mol. The lowest BCUT2D eigenvalue weighted by Crippen LogP contribution is -2.32. The molecule has 1 amide bonds. The fourth-order valence-corrected chi connectivity index (χ4v) is 2.80. The summed E-state index contributed by atoms with van der Waals surface area (Å²) in [5.74, 6) is -0.0350. The summed E-state index contributed by atoms with van der Waals surface area (Å²) in [6, 6.07) is 14.9. The van der Waals surface area contributed by atoms with Gasteiger partial charge in [-0.25, -0.2) is 5.06 Å². The second kappa shape index (κ2) is 7.14. The zero-order valence-corrected chi connectivity index (χ0v) is 15.2. The van der Waals surface area contributed by atoms with Crippen LogP contribution in [0.25, 0.3) is 10.9 Å². The molecular weight excluding hydrogens is 328 g/mol. The zero-order valence-electron chi connectivity index (χ0n) is 15.2. The van der Waals surface area contributed by atoms with E-state index < -0.39 is 5.60 Å². The second-order valence-corrected chi connectivity index (χ2v) is 7.16. The van der Waals surface area contributed by atoms with Crippen LogP contribution >= 0.6 is 0 Å². The topological polar surface area (TPSA) is 62.4 Å². The number of hydroxylamine groups is 2. The van der Waals surface area contributed by atoms with Gasteiger partial charge in [0.15, 0.2) is 5.78 Å². The molecule has 1 N–H and O–H groups in total. The molecule has 0 spiro atoms. The molecule has 5 nitrogen and oxygen atoms in total. The first kappa shape index (κ1) is 17.9. The smallest absolute Gasteiger partial charge is 0.233 e. The van der Waals surface area contributed by atoms with Crippen molar-refractivity contribution in [3.05, 3.63) is 71.4 Å². The molecule has 0 aliphatic heterocycles. The van der Waals surface area contributed by atoms with Crippen molar-refractivity contribution in [1.29, 1.82) is 0 Å². The van der Waals surface area contributed by atoms with E-state index in [2.05, 4.69) is 4.98 Å². The molecule has 0 saturated heterocycles. The number of fused-ring (bicyclic) bond motifs is 1. The number of hydrogen-bond donors (Lipinski definition) is 1. The molecule has 0 radical (unpaired) electrons. The SMILES string of the molecule is CC(C)(C)ON(C=O)Cc1ccc(C(=O)c2c[nH]c3ccccc23)cc1. The summed E-state index contributed by atoms with van der Waals surface area (Å²) >= 11 is 0. The summed E-state index contributed by atoms with van der Waals surface area (Å²) < 4.78 is 0. The van der Waals surface area contributed by atoms with Gasteiger partial charge >= 0.3 is 0 Å². The Balaban J connectivity index is 1.77. The molecule has 0 unspecified atom stereocenters. The van der Waals surface area contributed by atoms with Crippen LogP contribution in [-0.4, -0.2) is 27.8 Å². The molecule has 0 aliphatic carbocycles. The monoisotopic (exact) mass is 350 g/mol. The molecule has 1 aromatic heterocycles. The number of carbonyl (C=O) groups excluding carboxylic acids is 2. The summed E-state index contributed by atoms with van der Waals surface area (Å²) in [6.45, 7) is 5.97. The molecule has 1 heterocycles. The maximum absolute atomic E-state index is 12.8. The molecule has 0 bridgehead atoms. The molecule has 3 aromatic rings. The Morgan fingerprint density at radius 3 is 2.46 bits per heavy atom. The van der Waals surface area contributed by atoms with Crippen LogP contribution in [0.1, 0.15) is 42.3 Å². The number of nitrogens with one attached hydrogen (secondary N) is 1. The summed E-state index contributed by atoms with van der Waals surface area (Å²) in [4.78, 5) is 32.7. The first-order valence-corrected chi connectivity index (χ1v) is 8.48. The van der Waals surface area contributed by atoms with E-state index in [1.807, 2.05) is 57.2 Å². The number of nitrogens with zero attached hydrogens (tertiary/aromatic N) is 1. The summed E-state index contributed by atoms with van der Waals surface area (Å²) in [5, 5.41) is 2.17. The summed E-state index contributed by atoms with van der Waals surface area (Å²) in [7, 11) is 0. The highest BCUT2D eigenvalue weighted by Crippen LogP contribution is 2.21. The molecule has 0 atom stereocenters. The third-order valence-corrected chi connectivity index (χ3v) is 3.90. The van der Waals surface area contributed by atoms with Crippen LogP contribution in [0.3, 0.4) is 0 Å². The zero-order chi connectivity index (χ0) is 18.7. The third-order valence-electron chi connectivity index (χ3n) is 3.90. The number of aromatic amines is 1. The lowest BCUT2D eigenvalue weighted by atomic mass is 10.0. The van der Waals surface area contributed by atoms with Gasteiger partial charge in [0.25, 0.3) is 0 Å². The Bertz CT molecular complexity index is 920. The van der Waals surface area contributed by atoms with Crippen molar-refractivity contribution < 1.29 is 14.4 Å². The number of H-pyrrole nitrogens is 1. The Labute approximate surface area is 152 Å². The molecular formula is C21H22N2O3. The Hall–Kier alpha value is -2.92. The number of carbonyl (C=O) groups is 2. The van der Waals surface area contributed by atoms with E-state index in [1.165, 1.54) is 5.06 Å². The maximum Gasteiger partial charge on any atom is 0.233 e. The summed E-state index contributed by atoms with van der Waals surface area (Å²) in [6.07, 6.45) is 2.41. The van der Waals surface area contributed by atoms with E-state index in [4.69, 9.17) is 4.84 Å². The van der Waals surface area contributed by atoms with Crippen molar-refractivity contribution in [3.63, 3.8) is 0 Å². The van der Waals surface area contributed by atoms with Gasteiger partial charge in [0.1, 0.15) is 0 Å². The lowest BCUT2D eigenvalue weighted by Gasteiger charge is -2.26. The van der Waals surface area contributed by atoms with Crippen LogP contribution in [-0.2, 0) is 16.2 Å². The standard InChI is InChI=1S/C21H22N2O3/c1-21(2,3)26-23(14-24)13-15-8-10-16(11-9-15)20(25)18-12-22-19-7-5-4-6-17(18)19/h4-12,14,22H,13H2,1-3H3. The minimum atomic E-state index is -0.452. The van der Waals surface area contributed by atoms with Crippen molar-refractivity contribution in [2.45, 2.75) is 32.9 Å². The molecule has 0 fully saturated rings. The van der Waals surface area contributed by atoms with Crippen LogP contribution in [0.2, 0.25) is 0 Å². The van der Waals surface area contributed by atoms with Gasteiger partial charge in [0.2, 0.25) is 6.41 Å². The Morgan fingerprint density at radius 1 is 1.12 bits per heavy atom. The molecule has 2 aromatic carbocycles. The molecule has 134 valence electrons. The number of ketones is 1. The number of benzene rings is 2. The van der Waals surface area contributed by atoms with Gasteiger partial charge in [-0.2, -0.15) is 0 Å². The van der Waals surface area contributed by atoms with Crippen molar-refractivity contribution in [1.82, 2.24) is 10.0 Å². The summed E-state index contributed by atoms with van der Waals surface area (Å²) in [5.41, 5.74) is 2.63. The van der Waals surface area contributed by atoms with Gasteiger partial charge in [0, 0.05) is 28.2 Å². The second-order valence-electron chi connectivity index (χ2n) is 7.16. The lowest BCUT2D eigenvalue weighted by molar-refractivity contribution is -0.220. The molecule has 5 heteroatoms. The third kappa shape index (κ3) is 4.00. The Morgan fingerprint density at radius 2 is 1.81 bits per heavy atom. The highest BCUT2D eigenvalue weighted by molar-refractivity contribution is 6.16. The van der Waals surface area contributed by atoms with E-state index in [1.54, 1.807) is 18.3 Å². The van der Waals surface area contributed by atoms with Gasteiger partial charge in [-0.15, -0.1) is 0 Å². The minimum Gasteiger partial charge on any atom is -0.360 e. The largest absolute Gasteiger partial charge is 0.360 e. The first-order chi connectivity index (χ1) is 12.4. The van der Waals surface area contributed by atoms with Gasteiger partial charge in [-0.05, 0) is 32.4 Å². The van der Waals surface area contributed by atoms with E-state index in [0.29, 0.717) is 24.1 Å². The first-order valence-electron chi connectivity index (χ1n) is 8.48. The van der Waals surface area contributed by atoms with E-state index in [0.717, 1.165) is 16.5 Å². The molecule has 26 heavy (non-hydrogen) atoms. The van der Waals surface area contributed by atoms with Crippen LogP contribution < -0.4 is 0 Å². The van der Waals surface area contributed by atoms with Crippen LogP contribution in [0.5, 0.6) is 0 Å². The van der Waals surface area contributed by atoms with E-state index in [-0.39, 0.29) is 5.78 Å². The van der Waals surface area contributed by atoms with Crippen molar-refractivity contribution >= 4 is 23.1 Å². The average Bonchev–Trinajstić information content (AvgIpc) is 3.04. The van der Waals surface area contributed by atoms with Crippen molar-refractivity contribution in [2.75, 3.05) is 0 Å². The van der Waals surface area contributed by atoms with E-state index >= 15 is 0 Å². The minimum absolute atomic E-state index is 0.0350. The number of hydrogen-bond acceptors (Lipinski definition) is 3. The average molecular weight is 350 g/mol.